The van der Waals surface area contributed by atoms with Crippen molar-refractivity contribution in [2.24, 2.45) is 7.05 Å². The summed E-state index contributed by atoms with van der Waals surface area (Å²) in [6.45, 7) is 2.64. The average molecular weight is 523 g/mol. The van der Waals surface area contributed by atoms with E-state index in [0.29, 0.717) is 30.4 Å². The van der Waals surface area contributed by atoms with Crippen molar-refractivity contribution in [1.29, 1.82) is 0 Å². The first-order chi connectivity index (χ1) is 18.2. The predicted octanol–water partition coefficient (Wildman–Crippen LogP) is 5.30. The number of fused-ring (bicyclic) bond motifs is 1. The summed E-state index contributed by atoms with van der Waals surface area (Å²) in [5, 5.41) is 11.5. The van der Waals surface area contributed by atoms with E-state index in [0.717, 1.165) is 22.8 Å². The van der Waals surface area contributed by atoms with Gasteiger partial charge >= 0.3 is 6.18 Å². The topological polar surface area (TPSA) is 85.2 Å². The van der Waals surface area contributed by atoms with Gasteiger partial charge in [-0.3, -0.25) is 9.69 Å². The lowest BCUT2D eigenvalue weighted by molar-refractivity contribution is -0.138. The van der Waals surface area contributed by atoms with Crippen LogP contribution >= 0.6 is 0 Å². The van der Waals surface area contributed by atoms with Crippen molar-refractivity contribution >= 4 is 17.5 Å². The van der Waals surface area contributed by atoms with Crippen LogP contribution in [-0.4, -0.2) is 39.3 Å². The van der Waals surface area contributed by atoms with Gasteiger partial charge in [-0.15, -0.1) is 10.2 Å². The van der Waals surface area contributed by atoms with Crippen LogP contribution in [0.2, 0.25) is 0 Å². The van der Waals surface area contributed by atoms with E-state index >= 15 is 0 Å². The van der Waals surface area contributed by atoms with Crippen molar-refractivity contribution in [2.45, 2.75) is 26.3 Å². The van der Waals surface area contributed by atoms with Gasteiger partial charge in [0.2, 0.25) is 0 Å². The molecule has 1 amide bonds. The summed E-state index contributed by atoms with van der Waals surface area (Å²) in [5.74, 6) is 0.838. The molecule has 4 aromatic rings. The van der Waals surface area contributed by atoms with Crippen LogP contribution in [0.1, 0.15) is 34.0 Å². The van der Waals surface area contributed by atoms with E-state index in [9.17, 15) is 18.0 Å². The number of pyridine rings is 1. The molecule has 11 heteroatoms. The Morgan fingerprint density at radius 1 is 1.08 bits per heavy atom. The zero-order chi connectivity index (χ0) is 27.0. The standard InChI is InChI=1S/C27H25F3N6O2/c1-4-31-23-11-17(18-9-8-16(14-38-3)10-20(18)25-34-32-15-35(25)2)12-24(33-23)36-13-21-19(26(36)37)6-5-7-22(21)27(28,29)30/h5-12,15H,4,13-14H2,1-3H3,(H,31,33). The summed E-state index contributed by atoms with van der Waals surface area (Å²) in [6, 6.07) is 13.0. The maximum atomic E-state index is 13.7. The molecule has 0 atom stereocenters. The molecule has 8 nitrogen and oxygen atoms in total. The Morgan fingerprint density at radius 3 is 2.58 bits per heavy atom. The third-order valence-electron chi connectivity index (χ3n) is 6.38. The molecule has 0 fully saturated rings. The number of halogens is 3. The summed E-state index contributed by atoms with van der Waals surface area (Å²) in [5.41, 5.74) is 2.39. The lowest BCUT2D eigenvalue weighted by Gasteiger charge is -2.19. The Bertz CT molecular complexity index is 1520. The van der Waals surface area contributed by atoms with Crippen LogP contribution in [0, 0.1) is 0 Å². The van der Waals surface area contributed by atoms with Gasteiger partial charge in [0.05, 0.1) is 18.7 Å². The van der Waals surface area contributed by atoms with E-state index < -0.39 is 17.6 Å². The number of anilines is 2. The van der Waals surface area contributed by atoms with Crippen LogP contribution < -0.4 is 10.2 Å². The van der Waals surface area contributed by atoms with Crippen LogP contribution in [0.3, 0.4) is 0 Å². The van der Waals surface area contributed by atoms with E-state index in [1.807, 2.05) is 38.2 Å². The van der Waals surface area contributed by atoms with E-state index in [4.69, 9.17) is 4.74 Å². The first-order valence-corrected chi connectivity index (χ1v) is 11.9. The number of alkyl halides is 3. The Hall–Kier alpha value is -4.25. The van der Waals surface area contributed by atoms with Gasteiger partial charge in [0.1, 0.15) is 18.0 Å². The minimum absolute atomic E-state index is 0.0284. The second kappa shape index (κ2) is 9.90. The highest BCUT2D eigenvalue weighted by Crippen LogP contribution is 2.40. The molecule has 0 radical (unpaired) electrons. The fourth-order valence-electron chi connectivity index (χ4n) is 4.68. The number of nitrogens with one attached hydrogen (secondary N) is 1. The average Bonchev–Trinajstić information content (AvgIpc) is 3.46. The number of aromatic nitrogens is 4. The molecule has 1 aliphatic heterocycles. The third-order valence-corrected chi connectivity index (χ3v) is 6.38. The van der Waals surface area contributed by atoms with Crippen molar-refractivity contribution in [3.8, 4) is 22.5 Å². The van der Waals surface area contributed by atoms with Crippen molar-refractivity contribution < 1.29 is 22.7 Å². The van der Waals surface area contributed by atoms with Gasteiger partial charge in [0.25, 0.3) is 5.91 Å². The highest BCUT2D eigenvalue weighted by molar-refractivity contribution is 6.10. The van der Waals surface area contributed by atoms with Gasteiger partial charge in [0, 0.05) is 31.8 Å². The molecular formula is C27H25F3N6O2. The number of nitrogens with zero attached hydrogens (tertiary/aromatic N) is 5. The van der Waals surface area contributed by atoms with Gasteiger partial charge < -0.3 is 14.6 Å². The number of ether oxygens (including phenoxy) is 1. The molecule has 0 spiro atoms. The third kappa shape index (κ3) is 4.60. The Morgan fingerprint density at radius 2 is 1.89 bits per heavy atom. The largest absolute Gasteiger partial charge is 0.416 e. The molecule has 2 aromatic carbocycles. The number of carbonyl (C=O) groups is 1. The molecule has 1 N–H and O–H groups in total. The highest BCUT2D eigenvalue weighted by atomic mass is 19.4. The van der Waals surface area contributed by atoms with E-state index in [1.54, 1.807) is 24.1 Å². The minimum atomic E-state index is -4.57. The Labute approximate surface area is 217 Å². The number of aryl methyl sites for hydroxylation is 1. The van der Waals surface area contributed by atoms with E-state index in [-0.39, 0.29) is 23.5 Å². The van der Waals surface area contributed by atoms with Crippen LogP contribution in [0.5, 0.6) is 0 Å². The molecule has 2 aromatic heterocycles. The SMILES string of the molecule is CCNc1cc(-c2ccc(COC)cc2-c2nncn2C)cc(N2Cc3c(cccc3C(F)(F)F)C2=O)n1. The van der Waals surface area contributed by atoms with E-state index in [2.05, 4.69) is 20.5 Å². The van der Waals surface area contributed by atoms with Gasteiger partial charge in [0.15, 0.2) is 5.82 Å². The number of carbonyl (C=O) groups excluding carboxylic acids is 1. The molecule has 196 valence electrons. The molecule has 0 saturated heterocycles. The Kier molecular flexibility index (Phi) is 6.62. The minimum Gasteiger partial charge on any atom is -0.380 e. The predicted molar refractivity (Wildman–Crippen MR) is 137 cm³/mol. The zero-order valence-electron chi connectivity index (χ0n) is 21.0. The summed E-state index contributed by atoms with van der Waals surface area (Å²) in [7, 11) is 3.45. The maximum Gasteiger partial charge on any atom is 0.416 e. The first-order valence-electron chi connectivity index (χ1n) is 11.9. The second-order valence-electron chi connectivity index (χ2n) is 8.93. The quantitative estimate of drug-likeness (QED) is 0.355. The first kappa shape index (κ1) is 25.4. The van der Waals surface area contributed by atoms with Crippen LogP contribution in [-0.2, 0) is 31.1 Å². The molecule has 0 saturated carbocycles. The lowest BCUT2D eigenvalue weighted by atomic mass is 9.97. The van der Waals surface area contributed by atoms with Gasteiger partial charge in [-0.05, 0) is 59.5 Å². The van der Waals surface area contributed by atoms with Crippen molar-refractivity contribution in [3.05, 3.63) is 77.1 Å². The monoisotopic (exact) mass is 522 g/mol. The van der Waals surface area contributed by atoms with Crippen molar-refractivity contribution in [3.63, 3.8) is 0 Å². The normalized spacial score (nSPS) is 13.2. The summed E-state index contributed by atoms with van der Waals surface area (Å²) in [4.78, 5) is 19.1. The van der Waals surface area contributed by atoms with Gasteiger partial charge in [-0.2, -0.15) is 13.2 Å². The Balaban J connectivity index is 1.64. The van der Waals surface area contributed by atoms with Gasteiger partial charge in [-0.25, -0.2) is 4.98 Å². The summed E-state index contributed by atoms with van der Waals surface area (Å²) >= 11 is 0. The summed E-state index contributed by atoms with van der Waals surface area (Å²) < 4.78 is 48.1. The van der Waals surface area contributed by atoms with Crippen molar-refractivity contribution in [1.82, 2.24) is 19.7 Å². The van der Waals surface area contributed by atoms with Crippen LogP contribution in [0.25, 0.3) is 22.5 Å². The molecule has 0 aliphatic carbocycles. The molecule has 38 heavy (non-hydrogen) atoms. The molecule has 0 unspecified atom stereocenters. The number of hydrogen-bond acceptors (Lipinski definition) is 6. The second-order valence-corrected chi connectivity index (χ2v) is 8.93. The molecular weight excluding hydrogens is 497 g/mol. The number of methoxy groups -OCH3 is 1. The molecule has 5 rings (SSSR count). The maximum absolute atomic E-state index is 13.7. The fraction of sp³-hybridized carbons (Fsp3) is 0.259. The molecule has 3 heterocycles. The molecule has 0 bridgehead atoms. The zero-order valence-corrected chi connectivity index (χ0v) is 21.0. The van der Waals surface area contributed by atoms with Crippen LogP contribution in [0.15, 0.2) is 54.9 Å². The highest BCUT2D eigenvalue weighted by Gasteiger charge is 2.40. The fourth-order valence-corrected chi connectivity index (χ4v) is 4.68. The lowest BCUT2D eigenvalue weighted by Crippen LogP contribution is -2.24. The smallest absolute Gasteiger partial charge is 0.380 e. The number of hydrogen-bond donors (Lipinski definition) is 1. The number of amides is 1. The van der Waals surface area contributed by atoms with Gasteiger partial charge in [-0.1, -0.05) is 18.2 Å². The van der Waals surface area contributed by atoms with Crippen LogP contribution in [0.4, 0.5) is 24.8 Å². The number of benzene rings is 2. The summed E-state index contributed by atoms with van der Waals surface area (Å²) in [6.07, 6.45) is -2.97. The number of rotatable bonds is 7. The van der Waals surface area contributed by atoms with Crippen molar-refractivity contribution in [2.75, 3.05) is 23.9 Å². The molecule has 1 aliphatic rings. The van der Waals surface area contributed by atoms with E-state index in [1.165, 1.54) is 17.0 Å².